The van der Waals surface area contributed by atoms with Crippen LogP contribution in [0.1, 0.15) is 25.3 Å². The van der Waals surface area contributed by atoms with Gasteiger partial charge in [0.1, 0.15) is 0 Å². The number of allylic oxidation sites excluding steroid dienone is 4. The van der Waals surface area contributed by atoms with Gasteiger partial charge in [0.15, 0.2) is 0 Å². The van der Waals surface area contributed by atoms with E-state index >= 15 is 0 Å². The molecule has 1 aromatic carbocycles. The largest absolute Gasteiger partial charge is 0.362 e. The summed E-state index contributed by atoms with van der Waals surface area (Å²) in [6, 6.07) is 6.76. The fourth-order valence-electron chi connectivity index (χ4n) is 2.00. The highest BCUT2D eigenvalue weighted by Gasteiger charge is 2.19. The van der Waals surface area contributed by atoms with E-state index in [0.29, 0.717) is 0 Å². The monoisotopic (exact) mass is 356 g/mol. The molecule has 1 unspecified atom stereocenters. The molecular formula is C13H13IN2O2. The van der Waals surface area contributed by atoms with Crippen LogP contribution < -0.4 is 5.32 Å². The minimum Gasteiger partial charge on any atom is -0.362 e. The summed E-state index contributed by atoms with van der Waals surface area (Å²) >= 11 is 2.32. The lowest BCUT2D eigenvalue weighted by Crippen LogP contribution is -2.17. The highest BCUT2D eigenvalue weighted by atomic mass is 127. The smallest absolute Gasteiger partial charge is 0.269 e. The van der Waals surface area contributed by atoms with Crippen LogP contribution in [0, 0.1) is 10.1 Å². The first-order valence-electron chi connectivity index (χ1n) is 5.55. The first-order valence-corrected chi connectivity index (χ1v) is 6.63. The molecule has 1 atom stereocenters. The Hall–Kier alpha value is -1.37. The number of non-ortho nitro benzene ring substituents is 1. The van der Waals surface area contributed by atoms with Gasteiger partial charge in [-0.3, -0.25) is 10.1 Å². The number of benzene rings is 1. The maximum Gasteiger partial charge on any atom is 0.269 e. The molecular weight excluding hydrogens is 343 g/mol. The van der Waals surface area contributed by atoms with E-state index in [1.165, 1.54) is 3.58 Å². The summed E-state index contributed by atoms with van der Waals surface area (Å²) in [6.45, 7) is 4.06. The first-order chi connectivity index (χ1) is 8.49. The van der Waals surface area contributed by atoms with Gasteiger partial charge in [0.2, 0.25) is 0 Å². The van der Waals surface area contributed by atoms with E-state index in [0.717, 1.165) is 17.0 Å². The fourth-order valence-corrected chi connectivity index (χ4v) is 2.67. The Morgan fingerprint density at radius 3 is 2.44 bits per heavy atom. The topological polar surface area (TPSA) is 55.2 Å². The average Bonchev–Trinajstić information content (AvgIpc) is 2.34. The zero-order valence-electron chi connectivity index (χ0n) is 10.1. The fraction of sp³-hybridized carbons (Fsp3) is 0.231. The van der Waals surface area contributed by atoms with Crippen molar-refractivity contribution in [3.05, 3.63) is 61.0 Å². The molecule has 0 bridgehead atoms. The molecule has 5 heteroatoms. The van der Waals surface area contributed by atoms with E-state index in [2.05, 4.69) is 34.0 Å². The second kappa shape index (κ2) is 5.09. The van der Waals surface area contributed by atoms with Gasteiger partial charge in [0, 0.05) is 33.0 Å². The molecule has 1 N–H and O–H groups in total. The van der Waals surface area contributed by atoms with Crippen molar-refractivity contribution >= 4 is 28.3 Å². The average molecular weight is 356 g/mol. The number of hydrogen-bond donors (Lipinski definition) is 1. The van der Waals surface area contributed by atoms with Crippen molar-refractivity contribution in [1.29, 1.82) is 0 Å². The van der Waals surface area contributed by atoms with Crippen LogP contribution >= 0.6 is 22.6 Å². The quantitative estimate of drug-likeness (QED) is 0.498. The number of nitro groups is 1. The minimum atomic E-state index is -0.376. The number of rotatable bonds is 2. The van der Waals surface area contributed by atoms with Gasteiger partial charge in [0.25, 0.3) is 5.69 Å². The molecule has 0 saturated heterocycles. The predicted molar refractivity (Wildman–Crippen MR) is 79.5 cm³/mol. The zero-order chi connectivity index (χ0) is 13.3. The Kier molecular flexibility index (Phi) is 3.70. The summed E-state index contributed by atoms with van der Waals surface area (Å²) in [5.74, 6) is 0.188. The zero-order valence-corrected chi connectivity index (χ0v) is 12.3. The molecule has 1 aliphatic rings. The van der Waals surface area contributed by atoms with E-state index in [9.17, 15) is 10.1 Å². The van der Waals surface area contributed by atoms with Crippen molar-refractivity contribution < 1.29 is 4.92 Å². The molecule has 18 heavy (non-hydrogen) atoms. The SMILES string of the molecule is CC1=CC(c2ccc([N+](=O)[O-])cc2)C(I)=C(C)N1. The summed E-state index contributed by atoms with van der Waals surface area (Å²) in [5, 5.41) is 13.9. The van der Waals surface area contributed by atoms with Gasteiger partial charge in [-0.1, -0.05) is 18.2 Å². The number of nitrogens with one attached hydrogen (secondary N) is 1. The molecule has 0 aromatic heterocycles. The second-order valence-corrected chi connectivity index (χ2v) is 5.44. The molecule has 0 saturated carbocycles. The molecule has 0 fully saturated rings. The molecule has 0 aliphatic carbocycles. The van der Waals surface area contributed by atoms with Crippen molar-refractivity contribution in [2.24, 2.45) is 0 Å². The summed E-state index contributed by atoms with van der Waals surface area (Å²) < 4.78 is 1.21. The van der Waals surface area contributed by atoms with Crippen LogP contribution in [-0.4, -0.2) is 4.92 Å². The van der Waals surface area contributed by atoms with E-state index in [1.807, 2.05) is 26.0 Å². The van der Waals surface area contributed by atoms with Crippen LogP contribution in [0.5, 0.6) is 0 Å². The highest BCUT2D eigenvalue weighted by Crippen LogP contribution is 2.36. The number of halogens is 1. The lowest BCUT2D eigenvalue weighted by molar-refractivity contribution is -0.384. The minimum absolute atomic E-state index is 0.129. The maximum absolute atomic E-state index is 10.6. The number of hydrogen-bond acceptors (Lipinski definition) is 3. The number of dihydropyridines is 1. The Bertz CT molecular complexity index is 547. The van der Waals surface area contributed by atoms with Crippen LogP contribution in [0.4, 0.5) is 5.69 Å². The first kappa shape index (κ1) is 13.1. The summed E-state index contributed by atoms with van der Waals surface area (Å²) in [4.78, 5) is 10.3. The Morgan fingerprint density at radius 1 is 1.28 bits per heavy atom. The summed E-state index contributed by atoms with van der Waals surface area (Å²) in [5.41, 5.74) is 3.45. The van der Waals surface area contributed by atoms with Crippen LogP contribution in [-0.2, 0) is 0 Å². The van der Waals surface area contributed by atoms with Crippen molar-refractivity contribution in [1.82, 2.24) is 5.32 Å². The lowest BCUT2D eigenvalue weighted by Gasteiger charge is -2.23. The predicted octanol–water partition coefficient (Wildman–Crippen LogP) is 3.85. The molecule has 0 radical (unpaired) electrons. The van der Waals surface area contributed by atoms with Crippen LogP contribution in [0.3, 0.4) is 0 Å². The van der Waals surface area contributed by atoms with Gasteiger partial charge in [-0.05, 0) is 42.0 Å². The molecule has 1 aromatic rings. The third-order valence-electron chi connectivity index (χ3n) is 2.90. The molecule has 0 amide bonds. The van der Waals surface area contributed by atoms with Gasteiger partial charge in [-0.25, -0.2) is 0 Å². The van der Waals surface area contributed by atoms with Crippen LogP contribution in [0.25, 0.3) is 0 Å². The van der Waals surface area contributed by atoms with Crippen molar-refractivity contribution in [3.8, 4) is 0 Å². The Balaban J connectivity index is 2.36. The Labute approximate surface area is 119 Å². The number of nitro benzene ring substituents is 1. The summed E-state index contributed by atoms with van der Waals surface area (Å²) in [6.07, 6.45) is 2.13. The molecule has 94 valence electrons. The number of nitrogens with zero attached hydrogens (tertiary/aromatic N) is 1. The van der Waals surface area contributed by atoms with Crippen LogP contribution in [0.15, 0.2) is 45.3 Å². The Morgan fingerprint density at radius 2 is 1.89 bits per heavy atom. The lowest BCUT2D eigenvalue weighted by atomic mass is 9.94. The third kappa shape index (κ3) is 2.55. The van der Waals surface area contributed by atoms with Crippen molar-refractivity contribution in [2.75, 3.05) is 0 Å². The molecule has 2 rings (SSSR count). The molecule has 4 nitrogen and oxygen atoms in total. The van der Waals surface area contributed by atoms with E-state index in [1.54, 1.807) is 12.1 Å². The standard InChI is InChI=1S/C13H13IN2O2/c1-8-7-12(13(14)9(2)15-8)10-3-5-11(6-4-10)16(17)18/h3-7,12,15H,1-2H3. The van der Waals surface area contributed by atoms with Gasteiger partial charge in [-0.2, -0.15) is 0 Å². The second-order valence-electron chi connectivity index (χ2n) is 4.27. The van der Waals surface area contributed by atoms with Gasteiger partial charge < -0.3 is 5.32 Å². The van der Waals surface area contributed by atoms with E-state index in [-0.39, 0.29) is 16.5 Å². The normalized spacial score (nSPS) is 19.3. The summed E-state index contributed by atoms with van der Waals surface area (Å²) in [7, 11) is 0. The van der Waals surface area contributed by atoms with Crippen molar-refractivity contribution in [2.45, 2.75) is 19.8 Å². The third-order valence-corrected chi connectivity index (χ3v) is 4.38. The highest BCUT2D eigenvalue weighted by molar-refractivity contribution is 14.1. The molecule has 0 spiro atoms. The van der Waals surface area contributed by atoms with Crippen LogP contribution in [0.2, 0.25) is 0 Å². The molecule has 1 aliphatic heterocycles. The van der Waals surface area contributed by atoms with E-state index in [4.69, 9.17) is 0 Å². The van der Waals surface area contributed by atoms with Gasteiger partial charge >= 0.3 is 0 Å². The molecule has 1 heterocycles. The maximum atomic E-state index is 10.6. The van der Waals surface area contributed by atoms with Gasteiger partial charge in [0.05, 0.1) is 4.92 Å². The van der Waals surface area contributed by atoms with Gasteiger partial charge in [-0.15, -0.1) is 0 Å². The van der Waals surface area contributed by atoms with E-state index < -0.39 is 0 Å². The van der Waals surface area contributed by atoms with Crippen molar-refractivity contribution in [3.63, 3.8) is 0 Å².